The molecule has 0 aromatic heterocycles. The molecule has 0 bridgehead atoms. The quantitative estimate of drug-likeness (QED) is 0.779. The fourth-order valence-electron chi connectivity index (χ4n) is 1.78. The lowest BCUT2D eigenvalue weighted by Gasteiger charge is -2.10. The van der Waals surface area contributed by atoms with E-state index in [9.17, 15) is 9.60 Å². The number of benzene rings is 1. The third-order valence-corrected chi connectivity index (χ3v) is 2.87. The summed E-state index contributed by atoms with van der Waals surface area (Å²) < 4.78 is 12.9. The maximum absolute atomic E-state index is 12.9. The van der Waals surface area contributed by atoms with Crippen molar-refractivity contribution < 1.29 is 9.60 Å². The van der Waals surface area contributed by atoms with Gasteiger partial charge in [0.25, 0.3) is 0 Å². The second-order valence-electron chi connectivity index (χ2n) is 3.57. The lowest BCUT2D eigenvalue weighted by atomic mass is 9.99. The average molecular weight is 216 g/mol. The van der Waals surface area contributed by atoms with Crippen molar-refractivity contribution in [2.45, 2.75) is 12.3 Å². The molecule has 1 aliphatic rings. The Balaban J connectivity index is 2.20. The molecule has 0 saturated carbocycles. The van der Waals surface area contributed by atoms with Gasteiger partial charge < -0.3 is 5.21 Å². The van der Waals surface area contributed by atoms with E-state index in [2.05, 4.69) is 0 Å². The van der Waals surface area contributed by atoms with Crippen LogP contribution in [0.4, 0.5) is 4.39 Å². The van der Waals surface area contributed by atoms with E-state index in [1.807, 2.05) is 0 Å². The molecule has 0 spiro atoms. The Morgan fingerprint density at radius 2 is 2.29 bits per heavy atom. The van der Waals surface area contributed by atoms with E-state index in [0.717, 1.165) is 12.0 Å². The molecule has 14 heavy (non-hydrogen) atoms. The molecule has 76 valence electrons. The smallest absolute Gasteiger partial charge is 0.141 e. The monoisotopic (exact) mass is 215 g/mol. The van der Waals surface area contributed by atoms with Crippen molar-refractivity contribution in [3.63, 3.8) is 0 Å². The Bertz CT molecular complexity index is 345. The highest BCUT2D eigenvalue weighted by Gasteiger charge is 2.22. The molecule has 1 aliphatic heterocycles. The summed E-state index contributed by atoms with van der Waals surface area (Å²) in [5.74, 6) is -0.132. The number of hydroxylamine groups is 2. The van der Waals surface area contributed by atoms with E-state index >= 15 is 0 Å². The van der Waals surface area contributed by atoms with Gasteiger partial charge in [0.2, 0.25) is 0 Å². The van der Waals surface area contributed by atoms with Gasteiger partial charge in [0.05, 0.1) is 5.02 Å². The van der Waals surface area contributed by atoms with Crippen molar-refractivity contribution in [1.82, 2.24) is 5.06 Å². The lowest BCUT2D eigenvalue weighted by Crippen LogP contribution is -2.14. The SMILES string of the molecule is ON1CCC(c2ccc(F)c(Cl)c2)C1. The zero-order valence-electron chi connectivity index (χ0n) is 7.58. The summed E-state index contributed by atoms with van der Waals surface area (Å²) >= 11 is 5.68. The summed E-state index contributed by atoms with van der Waals surface area (Å²) in [7, 11) is 0. The Morgan fingerprint density at radius 1 is 1.50 bits per heavy atom. The normalized spacial score (nSPS) is 22.9. The molecule has 1 unspecified atom stereocenters. The van der Waals surface area contributed by atoms with Crippen LogP contribution >= 0.6 is 11.6 Å². The molecule has 0 amide bonds. The maximum Gasteiger partial charge on any atom is 0.141 e. The molecule has 1 N–H and O–H groups in total. The lowest BCUT2D eigenvalue weighted by molar-refractivity contribution is -0.0691. The van der Waals surface area contributed by atoms with E-state index in [0.29, 0.717) is 13.1 Å². The second-order valence-corrected chi connectivity index (χ2v) is 3.98. The third kappa shape index (κ3) is 1.90. The van der Waals surface area contributed by atoms with Crippen LogP contribution in [0.15, 0.2) is 18.2 Å². The van der Waals surface area contributed by atoms with Crippen LogP contribution in [0.25, 0.3) is 0 Å². The molecular formula is C10H11ClFNO. The fraction of sp³-hybridized carbons (Fsp3) is 0.400. The molecule has 4 heteroatoms. The molecule has 1 fully saturated rings. The van der Waals surface area contributed by atoms with Crippen LogP contribution in [0.5, 0.6) is 0 Å². The molecule has 0 aliphatic carbocycles. The highest BCUT2D eigenvalue weighted by atomic mass is 35.5. The summed E-state index contributed by atoms with van der Waals surface area (Å²) in [6.45, 7) is 1.27. The van der Waals surface area contributed by atoms with Crippen LogP contribution in [0.1, 0.15) is 17.9 Å². The first-order valence-electron chi connectivity index (χ1n) is 4.55. The van der Waals surface area contributed by atoms with Crippen molar-refractivity contribution >= 4 is 11.6 Å². The molecule has 1 aromatic carbocycles. The van der Waals surface area contributed by atoms with E-state index in [1.54, 1.807) is 12.1 Å². The number of rotatable bonds is 1. The van der Waals surface area contributed by atoms with Gasteiger partial charge in [-0.1, -0.05) is 17.7 Å². The van der Waals surface area contributed by atoms with Crippen LogP contribution in [-0.2, 0) is 0 Å². The molecule has 1 aromatic rings. The fourth-order valence-corrected chi connectivity index (χ4v) is 1.97. The summed E-state index contributed by atoms with van der Waals surface area (Å²) in [4.78, 5) is 0. The molecule has 1 heterocycles. The minimum Gasteiger partial charge on any atom is -0.314 e. The van der Waals surface area contributed by atoms with E-state index < -0.39 is 5.82 Å². The third-order valence-electron chi connectivity index (χ3n) is 2.58. The summed E-state index contributed by atoms with van der Waals surface area (Å²) in [6, 6.07) is 4.74. The Labute approximate surface area is 86.9 Å². The molecule has 1 saturated heterocycles. The Kier molecular flexibility index (Phi) is 2.72. The number of hydrogen-bond acceptors (Lipinski definition) is 2. The Morgan fingerprint density at radius 3 is 2.86 bits per heavy atom. The summed E-state index contributed by atoms with van der Waals surface area (Å²) in [5, 5.41) is 10.6. The zero-order valence-corrected chi connectivity index (χ0v) is 8.34. The average Bonchev–Trinajstić information content (AvgIpc) is 2.57. The largest absolute Gasteiger partial charge is 0.314 e. The van der Waals surface area contributed by atoms with Gasteiger partial charge in [0.15, 0.2) is 0 Å². The van der Waals surface area contributed by atoms with Gasteiger partial charge in [0.1, 0.15) is 5.82 Å². The number of nitrogens with zero attached hydrogens (tertiary/aromatic N) is 1. The van der Waals surface area contributed by atoms with Crippen LogP contribution in [0, 0.1) is 5.82 Å². The van der Waals surface area contributed by atoms with E-state index in [-0.39, 0.29) is 10.9 Å². The first-order valence-corrected chi connectivity index (χ1v) is 4.93. The molecular weight excluding hydrogens is 205 g/mol. The van der Waals surface area contributed by atoms with Gasteiger partial charge in [-0.15, -0.1) is 0 Å². The second kappa shape index (κ2) is 3.85. The predicted molar refractivity (Wildman–Crippen MR) is 52.1 cm³/mol. The van der Waals surface area contributed by atoms with Gasteiger partial charge in [0, 0.05) is 19.0 Å². The van der Waals surface area contributed by atoms with Crippen molar-refractivity contribution in [3.8, 4) is 0 Å². The summed E-state index contributed by atoms with van der Waals surface area (Å²) in [5.41, 5.74) is 0.993. The van der Waals surface area contributed by atoms with Crippen molar-refractivity contribution in [3.05, 3.63) is 34.6 Å². The topological polar surface area (TPSA) is 23.5 Å². The Hall–Kier alpha value is -0.640. The van der Waals surface area contributed by atoms with Gasteiger partial charge in [-0.25, -0.2) is 4.39 Å². The first kappa shape index (κ1) is 9.90. The predicted octanol–water partition coefficient (Wildman–Crippen LogP) is 2.66. The van der Waals surface area contributed by atoms with E-state index in [1.165, 1.54) is 11.1 Å². The van der Waals surface area contributed by atoms with Crippen molar-refractivity contribution in [2.24, 2.45) is 0 Å². The standard InChI is InChI=1S/C10H11ClFNO/c11-9-5-7(1-2-10(9)12)8-3-4-13(14)6-8/h1-2,5,8,14H,3-4,6H2. The highest BCUT2D eigenvalue weighted by Crippen LogP contribution is 2.28. The first-order chi connectivity index (χ1) is 6.66. The zero-order chi connectivity index (χ0) is 10.1. The van der Waals surface area contributed by atoms with Crippen LogP contribution in [-0.4, -0.2) is 23.4 Å². The number of halogens is 2. The molecule has 2 nitrogen and oxygen atoms in total. The highest BCUT2D eigenvalue weighted by molar-refractivity contribution is 6.30. The molecule has 1 atom stereocenters. The van der Waals surface area contributed by atoms with Gasteiger partial charge in [-0.2, -0.15) is 5.06 Å². The van der Waals surface area contributed by atoms with Crippen LogP contribution < -0.4 is 0 Å². The van der Waals surface area contributed by atoms with Gasteiger partial charge in [-0.05, 0) is 24.1 Å². The summed E-state index contributed by atoms with van der Waals surface area (Å²) in [6.07, 6.45) is 0.887. The van der Waals surface area contributed by atoms with Gasteiger partial charge in [-0.3, -0.25) is 0 Å². The maximum atomic E-state index is 12.9. The number of hydrogen-bond donors (Lipinski definition) is 1. The molecule has 0 radical (unpaired) electrons. The van der Waals surface area contributed by atoms with Crippen molar-refractivity contribution in [2.75, 3.05) is 13.1 Å². The minimum atomic E-state index is -0.394. The van der Waals surface area contributed by atoms with Crippen LogP contribution in [0.3, 0.4) is 0 Å². The van der Waals surface area contributed by atoms with Crippen molar-refractivity contribution in [1.29, 1.82) is 0 Å². The van der Waals surface area contributed by atoms with Crippen LogP contribution in [0.2, 0.25) is 5.02 Å². The van der Waals surface area contributed by atoms with Gasteiger partial charge >= 0.3 is 0 Å². The van der Waals surface area contributed by atoms with E-state index in [4.69, 9.17) is 11.6 Å². The molecule has 2 rings (SSSR count). The minimum absolute atomic E-state index is 0.152.